The maximum absolute atomic E-state index is 14.3. The van der Waals surface area contributed by atoms with Crippen molar-refractivity contribution in [3.63, 3.8) is 0 Å². The number of ether oxygens (including phenoxy) is 1. The van der Waals surface area contributed by atoms with Gasteiger partial charge in [0.1, 0.15) is 11.2 Å². The molecule has 0 aliphatic rings. The molecule has 0 saturated carbocycles. The predicted molar refractivity (Wildman–Crippen MR) is 118 cm³/mol. The molecule has 0 aliphatic heterocycles. The molecule has 0 fully saturated rings. The summed E-state index contributed by atoms with van der Waals surface area (Å²) >= 11 is 17.0. The van der Waals surface area contributed by atoms with Gasteiger partial charge in [0.05, 0.1) is 12.0 Å². The minimum atomic E-state index is -5.06. The van der Waals surface area contributed by atoms with E-state index in [2.05, 4.69) is 0 Å². The zero-order valence-corrected chi connectivity index (χ0v) is 20.2. The number of alkyl halides is 6. The van der Waals surface area contributed by atoms with Gasteiger partial charge in [-0.05, 0) is 36.2 Å². The summed E-state index contributed by atoms with van der Waals surface area (Å²) in [7, 11) is 0. The number of carbonyl (C=O) groups is 1. The van der Waals surface area contributed by atoms with Crippen LogP contribution in [0.15, 0.2) is 48.5 Å². The second-order valence-electron chi connectivity index (χ2n) is 8.26. The lowest BCUT2D eigenvalue weighted by Crippen LogP contribution is -2.56. The Balaban J connectivity index is 2.45. The largest absolute Gasteiger partial charge is 0.548 e. The fraction of sp³-hybridized carbons (Fsp3) is 0.391. The summed E-state index contributed by atoms with van der Waals surface area (Å²) in [4.78, 5) is 12.2. The second kappa shape index (κ2) is 10.2. The number of aliphatic carboxylic acids is 1. The van der Waals surface area contributed by atoms with Crippen LogP contribution in [0.1, 0.15) is 25.8 Å². The highest BCUT2D eigenvalue weighted by atomic mass is 35.5. The van der Waals surface area contributed by atoms with E-state index >= 15 is 0 Å². The third kappa shape index (κ3) is 5.70. The number of carboxylic acids is 1. The number of benzene rings is 2. The molecule has 2 aromatic carbocycles. The Morgan fingerprint density at radius 3 is 2.24 bits per heavy atom. The number of nitriles is 1. The van der Waals surface area contributed by atoms with Gasteiger partial charge in [-0.2, -0.15) is 18.4 Å². The van der Waals surface area contributed by atoms with Crippen molar-refractivity contribution in [3.05, 3.63) is 59.9 Å². The lowest BCUT2D eigenvalue weighted by atomic mass is 9.61. The fourth-order valence-electron chi connectivity index (χ4n) is 3.31. The SMILES string of the molecule is CC(C)(C(Cl)CC(Cl)(Cl)C(F)(F)F)C(C#N)(Cc1ccc(F)c(Oc2ccccc2)c1)C(=O)[O-]. The van der Waals surface area contributed by atoms with Crippen LogP contribution in [0.2, 0.25) is 0 Å². The first kappa shape index (κ1) is 28.0. The van der Waals surface area contributed by atoms with Crippen LogP contribution >= 0.6 is 34.8 Å². The number of hydrogen-bond acceptors (Lipinski definition) is 4. The van der Waals surface area contributed by atoms with Crippen molar-refractivity contribution in [2.24, 2.45) is 10.8 Å². The standard InChI is InChI=1S/C23H20Cl3F4NO3/c1-20(2,18(24)12-22(25,26)23(28,29)30)21(13-31,19(32)33)11-14-8-9-16(27)17(10-14)34-15-6-4-3-5-7-15/h3-10,18H,11-12H2,1-2H3,(H,32,33)/p-1. The van der Waals surface area contributed by atoms with E-state index in [4.69, 9.17) is 39.5 Å². The van der Waals surface area contributed by atoms with Crippen molar-refractivity contribution in [3.8, 4) is 17.6 Å². The van der Waals surface area contributed by atoms with E-state index in [9.17, 15) is 32.7 Å². The highest BCUT2D eigenvalue weighted by molar-refractivity contribution is 6.49. The number of hydrogen-bond donors (Lipinski definition) is 0. The van der Waals surface area contributed by atoms with E-state index in [-0.39, 0.29) is 11.3 Å². The minimum Gasteiger partial charge on any atom is -0.548 e. The van der Waals surface area contributed by atoms with Crippen LogP contribution in [-0.4, -0.2) is 21.9 Å². The average Bonchev–Trinajstić information content (AvgIpc) is 2.73. The Kier molecular flexibility index (Phi) is 8.40. The van der Waals surface area contributed by atoms with Crippen LogP contribution in [0.25, 0.3) is 0 Å². The predicted octanol–water partition coefficient (Wildman–Crippen LogP) is 6.18. The molecule has 2 rings (SSSR count). The Labute approximate surface area is 209 Å². The van der Waals surface area contributed by atoms with E-state index in [1.807, 2.05) is 0 Å². The van der Waals surface area contributed by atoms with Gasteiger partial charge in [-0.25, -0.2) is 4.39 Å². The van der Waals surface area contributed by atoms with Crippen molar-refractivity contribution >= 4 is 40.8 Å². The number of carbonyl (C=O) groups excluding carboxylic acids is 1. The van der Waals surface area contributed by atoms with Crippen LogP contribution in [0.4, 0.5) is 17.6 Å². The summed E-state index contributed by atoms with van der Waals surface area (Å²) < 4.78 is 56.0. The van der Waals surface area contributed by atoms with Gasteiger partial charge in [0.2, 0.25) is 4.33 Å². The molecule has 0 aliphatic carbocycles. The van der Waals surface area contributed by atoms with Gasteiger partial charge >= 0.3 is 6.18 Å². The zero-order chi connectivity index (χ0) is 25.9. The third-order valence-electron chi connectivity index (χ3n) is 5.71. The first-order chi connectivity index (χ1) is 15.6. The van der Waals surface area contributed by atoms with Crippen molar-refractivity contribution in [1.29, 1.82) is 5.26 Å². The number of halogens is 7. The van der Waals surface area contributed by atoms with E-state index < -0.39 is 51.3 Å². The average molecular weight is 540 g/mol. The summed E-state index contributed by atoms with van der Waals surface area (Å²) in [5, 5.41) is 20.5. The van der Waals surface area contributed by atoms with Crippen LogP contribution < -0.4 is 9.84 Å². The Morgan fingerprint density at radius 2 is 1.74 bits per heavy atom. The molecule has 0 bridgehead atoms. The van der Waals surface area contributed by atoms with Crippen LogP contribution in [-0.2, 0) is 11.2 Å². The first-order valence-corrected chi connectivity index (χ1v) is 11.0. The molecule has 0 amide bonds. The molecule has 0 radical (unpaired) electrons. The molecule has 11 heteroatoms. The molecule has 0 aromatic heterocycles. The quantitative estimate of drug-likeness (QED) is 0.282. The highest BCUT2D eigenvalue weighted by Crippen LogP contribution is 2.52. The van der Waals surface area contributed by atoms with Gasteiger partial charge < -0.3 is 14.6 Å². The summed E-state index contributed by atoms with van der Waals surface area (Å²) in [5.74, 6) is -2.56. The summed E-state index contributed by atoms with van der Waals surface area (Å²) in [6.45, 7) is 2.41. The number of rotatable bonds is 9. The summed E-state index contributed by atoms with van der Waals surface area (Å²) in [6, 6.07) is 13.3. The van der Waals surface area contributed by atoms with E-state index in [1.54, 1.807) is 36.4 Å². The van der Waals surface area contributed by atoms with Crippen LogP contribution in [0.3, 0.4) is 0 Å². The molecule has 2 unspecified atom stereocenters. The molecule has 2 aromatic rings. The molecular formula is C23H19Cl3F4NO3-. The fourth-order valence-corrected chi connectivity index (χ4v) is 4.20. The maximum atomic E-state index is 14.3. The Hall–Kier alpha value is -2.21. The van der Waals surface area contributed by atoms with Gasteiger partial charge in [0.15, 0.2) is 11.6 Å². The van der Waals surface area contributed by atoms with Gasteiger partial charge in [0.25, 0.3) is 0 Å². The normalized spacial score (nSPS) is 15.2. The summed E-state index contributed by atoms with van der Waals surface area (Å²) in [5.41, 5.74) is -4.12. The molecule has 4 nitrogen and oxygen atoms in total. The monoisotopic (exact) mass is 538 g/mol. The molecule has 34 heavy (non-hydrogen) atoms. The molecule has 2 atom stereocenters. The van der Waals surface area contributed by atoms with E-state index in [1.165, 1.54) is 26.0 Å². The summed E-state index contributed by atoms with van der Waals surface area (Å²) in [6.07, 6.45) is -6.73. The molecule has 184 valence electrons. The lowest BCUT2D eigenvalue weighted by molar-refractivity contribution is -0.321. The Morgan fingerprint density at radius 1 is 1.15 bits per heavy atom. The van der Waals surface area contributed by atoms with Crippen molar-refractivity contribution in [1.82, 2.24) is 0 Å². The molecule has 0 saturated heterocycles. The van der Waals surface area contributed by atoms with Crippen LogP contribution in [0.5, 0.6) is 11.5 Å². The van der Waals surface area contributed by atoms with Crippen molar-refractivity contribution < 1.29 is 32.2 Å². The van der Waals surface area contributed by atoms with Crippen molar-refractivity contribution in [2.45, 2.75) is 42.6 Å². The number of nitrogens with zero attached hydrogens (tertiary/aromatic N) is 1. The van der Waals surface area contributed by atoms with E-state index in [0.29, 0.717) is 5.75 Å². The van der Waals surface area contributed by atoms with Gasteiger partial charge in [-0.15, -0.1) is 11.6 Å². The molecule has 0 spiro atoms. The minimum absolute atomic E-state index is 0.147. The van der Waals surface area contributed by atoms with Gasteiger partial charge in [-0.3, -0.25) is 0 Å². The van der Waals surface area contributed by atoms with Gasteiger partial charge in [-0.1, -0.05) is 61.3 Å². The second-order valence-corrected chi connectivity index (χ2v) is 10.3. The molecule has 0 heterocycles. The highest BCUT2D eigenvalue weighted by Gasteiger charge is 2.58. The first-order valence-electron chi connectivity index (χ1n) is 9.80. The number of carboxylic acid groups (broad SMARTS) is 1. The maximum Gasteiger partial charge on any atom is 0.421 e. The molecule has 0 N–H and O–H groups in total. The molecular weight excluding hydrogens is 521 g/mol. The zero-order valence-electron chi connectivity index (χ0n) is 17.9. The topological polar surface area (TPSA) is 73.1 Å². The smallest absolute Gasteiger partial charge is 0.421 e. The van der Waals surface area contributed by atoms with Crippen LogP contribution in [0, 0.1) is 28.0 Å². The third-order valence-corrected chi connectivity index (χ3v) is 7.15. The van der Waals surface area contributed by atoms with Crippen molar-refractivity contribution in [2.75, 3.05) is 0 Å². The number of para-hydroxylation sites is 1. The lowest BCUT2D eigenvalue weighted by Gasteiger charge is -2.46. The van der Waals surface area contributed by atoms with E-state index in [0.717, 1.165) is 6.07 Å². The van der Waals surface area contributed by atoms with Gasteiger partial charge in [0, 0.05) is 17.2 Å². The Bertz CT molecular complexity index is 1070.